The Bertz CT molecular complexity index is 629. The zero-order valence-corrected chi connectivity index (χ0v) is 14.0. The lowest BCUT2D eigenvalue weighted by atomic mass is 10.1. The predicted molar refractivity (Wildman–Crippen MR) is 93.6 cm³/mol. The number of hydrogen-bond donors (Lipinski definition) is 2. The maximum absolute atomic E-state index is 6.11. The second kappa shape index (κ2) is 7.80. The number of benzene rings is 1. The zero-order valence-electron chi connectivity index (χ0n) is 10.9. The maximum atomic E-state index is 6.11. The quantitative estimate of drug-likeness (QED) is 0.783. The second-order valence-electron chi connectivity index (χ2n) is 4.16. The summed E-state index contributed by atoms with van der Waals surface area (Å²) in [5.41, 5.74) is 0.895. The van der Waals surface area contributed by atoms with Crippen LogP contribution in [0.4, 0.5) is 5.82 Å². The first-order valence-corrected chi connectivity index (χ1v) is 7.70. The smallest absolute Gasteiger partial charge is 0.171 e. The van der Waals surface area contributed by atoms with Crippen molar-refractivity contribution in [3.63, 3.8) is 0 Å². The van der Waals surface area contributed by atoms with Gasteiger partial charge in [-0.25, -0.2) is 4.98 Å². The van der Waals surface area contributed by atoms with Crippen molar-refractivity contribution in [2.45, 2.75) is 6.42 Å². The summed E-state index contributed by atoms with van der Waals surface area (Å²) < 4.78 is 0. The number of nitrogens with one attached hydrogen (secondary N) is 2. The van der Waals surface area contributed by atoms with Gasteiger partial charge in [0.15, 0.2) is 10.9 Å². The third kappa shape index (κ3) is 4.71. The number of pyridine rings is 1. The zero-order chi connectivity index (χ0) is 15.2. The highest BCUT2D eigenvalue weighted by molar-refractivity contribution is 7.80. The van der Waals surface area contributed by atoms with E-state index in [1.165, 1.54) is 0 Å². The minimum absolute atomic E-state index is 0.443. The summed E-state index contributed by atoms with van der Waals surface area (Å²) in [4.78, 5) is 4.10. The molecule has 1 heterocycles. The van der Waals surface area contributed by atoms with Crippen LogP contribution in [-0.2, 0) is 6.42 Å². The summed E-state index contributed by atoms with van der Waals surface area (Å²) in [6.45, 7) is 0.597. The highest BCUT2D eigenvalue weighted by Gasteiger charge is 2.06. The van der Waals surface area contributed by atoms with Crippen molar-refractivity contribution in [3.05, 3.63) is 57.2 Å². The summed E-state index contributed by atoms with van der Waals surface area (Å²) in [5, 5.41) is 8.25. The molecule has 0 amide bonds. The van der Waals surface area contributed by atoms with Crippen LogP contribution in [0.15, 0.2) is 36.5 Å². The van der Waals surface area contributed by atoms with E-state index >= 15 is 0 Å². The van der Waals surface area contributed by atoms with Crippen molar-refractivity contribution in [1.29, 1.82) is 0 Å². The molecular weight excluding hydrogens is 349 g/mol. The van der Waals surface area contributed by atoms with Crippen LogP contribution in [0.1, 0.15) is 5.56 Å². The fraction of sp³-hybridized carbons (Fsp3) is 0.143. The fourth-order valence-electron chi connectivity index (χ4n) is 1.70. The van der Waals surface area contributed by atoms with Gasteiger partial charge in [0, 0.05) is 22.8 Å². The van der Waals surface area contributed by atoms with E-state index in [9.17, 15) is 0 Å². The van der Waals surface area contributed by atoms with Crippen LogP contribution in [-0.4, -0.2) is 16.6 Å². The lowest BCUT2D eigenvalue weighted by molar-refractivity contribution is 0.873. The molecule has 21 heavy (non-hydrogen) atoms. The molecule has 0 spiro atoms. The van der Waals surface area contributed by atoms with Gasteiger partial charge >= 0.3 is 0 Å². The molecule has 0 atom stereocenters. The highest BCUT2D eigenvalue weighted by atomic mass is 35.5. The van der Waals surface area contributed by atoms with Crippen molar-refractivity contribution in [2.75, 3.05) is 11.9 Å². The van der Waals surface area contributed by atoms with Crippen molar-refractivity contribution in [3.8, 4) is 0 Å². The minimum Gasteiger partial charge on any atom is -0.362 e. The first-order chi connectivity index (χ1) is 10.1. The van der Waals surface area contributed by atoms with E-state index in [1.54, 1.807) is 18.3 Å². The van der Waals surface area contributed by atoms with Crippen LogP contribution in [0.3, 0.4) is 0 Å². The second-order valence-corrected chi connectivity index (χ2v) is 5.79. The first kappa shape index (κ1) is 16.3. The molecule has 1 aromatic carbocycles. The molecule has 110 valence electrons. The molecule has 1 aromatic heterocycles. The number of nitrogens with zero attached hydrogens (tertiary/aromatic N) is 1. The van der Waals surface area contributed by atoms with Crippen LogP contribution < -0.4 is 10.6 Å². The molecule has 0 saturated heterocycles. The fourth-order valence-corrected chi connectivity index (χ4v) is 2.66. The summed E-state index contributed by atoms with van der Waals surface area (Å²) in [7, 11) is 0. The number of anilines is 1. The van der Waals surface area contributed by atoms with Gasteiger partial charge in [0.2, 0.25) is 0 Å². The Morgan fingerprint density at radius 2 is 1.71 bits per heavy atom. The van der Waals surface area contributed by atoms with Gasteiger partial charge in [0.25, 0.3) is 0 Å². The number of aromatic nitrogens is 1. The largest absolute Gasteiger partial charge is 0.362 e. The molecule has 0 saturated carbocycles. The standard InChI is InChI=1S/C14H12Cl3N3S/c15-10-3-1-4-11(16)9(10)6-8-19-14(21)20-13-12(17)5-2-7-18-13/h1-5,7H,6,8H2,(H2,18,19,20,21). The average molecular weight is 361 g/mol. The lowest BCUT2D eigenvalue weighted by Crippen LogP contribution is -2.30. The molecule has 0 unspecified atom stereocenters. The predicted octanol–water partition coefficient (Wildman–Crippen LogP) is 4.57. The minimum atomic E-state index is 0.443. The molecule has 0 aliphatic carbocycles. The molecule has 0 aliphatic rings. The molecule has 0 radical (unpaired) electrons. The van der Waals surface area contributed by atoms with Crippen LogP contribution in [0, 0.1) is 0 Å². The van der Waals surface area contributed by atoms with Gasteiger partial charge in [-0.1, -0.05) is 40.9 Å². The summed E-state index contributed by atoms with van der Waals surface area (Å²) in [5.74, 6) is 0.521. The molecule has 2 aromatic rings. The SMILES string of the molecule is S=C(NCCc1c(Cl)cccc1Cl)Nc1ncccc1Cl. The van der Waals surface area contributed by atoms with Crippen molar-refractivity contribution >= 4 is 58.0 Å². The third-order valence-corrected chi connectivity index (χ3v) is 3.97. The number of hydrogen-bond acceptors (Lipinski definition) is 2. The van der Waals surface area contributed by atoms with Crippen LogP contribution in [0.25, 0.3) is 0 Å². The van der Waals surface area contributed by atoms with Crippen LogP contribution in [0.2, 0.25) is 15.1 Å². The van der Waals surface area contributed by atoms with Gasteiger partial charge in [-0.3, -0.25) is 0 Å². The van der Waals surface area contributed by atoms with Crippen molar-refractivity contribution in [2.24, 2.45) is 0 Å². The van der Waals surface area contributed by atoms with Crippen molar-refractivity contribution in [1.82, 2.24) is 10.3 Å². The summed E-state index contributed by atoms with van der Waals surface area (Å²) >= 11 is 23.4. The summed E-state index contributed by atoms with van der Waals surface area (Å²) in [6.07, 6.45) is 2.30. The molecule has 0 fully saturated rings. The van der Waals surface area contributed by atoms with E-state index < -0.39 is 0 Å². The van der Waals surface area contributed by atoms with E-state index in [1.807, 2.05) is 18.2 Å². The highest BCUT2D eigenvalue weighted by Crippen LogP contribution is 2.24. The molecular formula is C14H12Cl3N3S. The molecule has 2 N–H and O–H groups in total. The van der Waals surface area contributed by atoms with E-state index in [0.29, 0.717) is 39.0 Å². The Labute approximate surface area is 143 Å². The Morgan fingerprint density at radius 3 is 2.38 bits per heavy atom. The maximum Gasteiger partial charge on any atom is 0.171 e. The molecule has 0 aliphatic heterocycles. The van der Waals surface area contributed by atoms with E-state index in [-0.39, 0.29) is 0 Å². The van der Waals surface area contributed by atoms with Gasteiger partial charge in [-0.05, 0) is 48.5 Å². The Kier molecular flexibility index (Phi) is 6.06. The Balaban J connectivity index is 1.86. The Morgan fingerprint density at radius 1 is 1.05 bits per heavy atom. The van der Waals surface area contributed by atoms with E-state index in [4.69, 9.17) is 47.0 Å². The number of thiocarbonyl (C=S) groups is 1. The molecule has 7 heteroatoms. The molecule has 3 nitrogen and oxygen atoms in total. The number of rotatable bonds is 4. The first-order valence-electron chi connectivity index (χ1n) is 6.16. The van der Waals surface area contributed by atoms with Gasteiger partial charge in [-0.15, -0.1) is 0 Å². The van der Waals surface area contributed by atoms with Gasteiger partial charge < -0.3 is 10.6 Å². The monoisotopic (exact) mass is 359 g/mol. The lowest BCUT2D eigenvalue weighted by Gasteiger charge is -2.12. The Hall–Kier alpha value is -1.07. The van der Waals surface area contributed by atoms with Gasteiger partial charge in [0.05, 0.1) is 5.02 Å². The van der Waals surface area contributed by atoms with E-state index in [2.05, 4.69) is 15.6 Å². The third-order valence-electron chi connectivity index (χ3n) is 2.71. The van der Waals surface area contributed by atoms with Crippen LogP contribution >= 0.6 is 47.0 Å². The van der Waals surface area contributed by atoms with Crippen LogP contribution in [0.5, 0.6) is 0 Å². The average Bonchev–Trinajstić information content (AvgIpc) is 2.45. The normalized spacial score (nSPS) is 10.2. The molecule has 0 bridgehead atoms. The topological polar surface area (TPSA) is 37.0 Å². The van der Waals surface area contributed by atoms with E-state index in [0.717, 1.165) is 5.56 Å². The summed E-state index contributed by atoms with van der Waals surface area (Å²) in [6, 6.07) is 8.93. The molecule has 2 rings (SSSR count). The number of halogens is 3. The van der Waals surface area contributed by atoms with Gasteiger partial charge in [-0.2, -0.15) is 0 Å². The van der Waals surface area contributed by atoms with Gasteiger partial charge in [0.1, 0.15) is 0 Å². The van der Waals surface area contributed by atoms with Crippen molar-refractivity contribution < 1.29 is 0 Å².